The summed E-state index contributed by atoms with van der Waals surface area (Å²) in [7, 11) is -2.59. The van der Waals surface area contributed by atoms with Crippen molar-refractivity contribution in [3.63, 3.8) is 0 Å². The van der Waals surface area contributed by atoms with Crippen molar-refractivity contribution < 1.29 is 17.9 Å². The van der Waals surface area contributed by atoms with Crippen LogP contribution in [0.2, 0.25) is 10.0 Å². The number of halogens is 2. The van der Waals surface area contributed by atoms with E-state index in [1.54, 1.807) is 42.5 Å². The van der Waals surface area contributed by atoms with Crippen molar-refractivity contribution in [2.75, 3.05) is 11.4 Å². The highest BCUT2D eigenvalue weighted by molar-refractivity contribution is 7.92. The number of amides is 1. The van der Waals surface area contributed by atoms with Gasteiger partial charge in [-0.05, 0) is 74.0 Å². The Labute approximate surface area is 272 Å². The predicted molar refractivity (Wildman–Crippen MR) is 180 cm³/mol. The van der Waals surface area contributed by atoms with Crippen LogP contribution < -0.4 is 14.5 Å². The van der Waals surface area contributed by atoms with Gasteiger partial charge in [0, 0.05) is 17.0 Å². The molecule has 5 aromatic rings. The maximum atomic E-state index is 14.0. The maximum absolute atomic E-state index is 14.0. The van der Waals surface area contributed by atoms with Crippen molar-refractivity contribution in [2.24, 2.45) is 5.10 Å². The molecule has 8 nitrogen and oxygen atoms in total. The van der Waals surface area contributed by atoms with E-state index in [1.807, 2.05) is 66.9 Å². The van der Waals surface area contributed by atoms with Crippen LogP contribution in [0.5, 0.6) is 5.75 Å². The number of benzene rings is 4. The Bertz CT molecular complexity index is 1980. The molecule has 1 amide bonds. The van der Waals surface area contributed by atoms with Gasteiger partial charge >= 0.3 is 0 Å². The first-order chi connectivity index (χ1) is 21.6. The van der Waals surface area contributed by atoms with Crippen molar-refractivity contribution in [3.05, 3.63) is 141 Å². The van der Waals surface area contributed by atoms with Crippen LogP contribution in [0.25, 0.3) is 5.69 Å². The lowest BCUT2D eigenvalue weighted by molar-refractivity contribution is 0.0955. The summed E-state index contributed by atoms with van der Waals surface area (Å²) >= 11 is 12.7. The molecule has 1 heterocycles. The number of hydrogen-bond acceptors (Lipinski definition) is 5. The molecule has 0 bridgehead atoms. The summed E-state index contributed by atoms with van der Waals surface area (Å²) in [5.41, 5.74) is 6.88. The Morgan fingerprint density at radius 1 is 0.933 bits per heavy atom. The highest BCUT2D eigenvalue weighted by Gasteiger charge is 2.29. The molecule has 0 fully saturated rings. The molecule has 230 valence electrons. The number of aryl methyl sites for hydroxylation is 1. The Morgan fingerprint density at radius 3 is 2.33 bits per heavy atom. The van der Waals surface area contributed by atoms with Crippen LogP contribution >= 0.6 is 23.2 Å². The first kappa shape index (κ1) is 31.8. The predicted octanol–water partition coefficient (Wildman–Crippen LogP) is 7.57. The molecule has 0 radical (unpaired) electrons. The van der Waals surface area contributed by atoms with E-state index in [0.29, 0.717) is 15.8 Å². The number of carbonyl (C=O) groups is 1. The average Bonchev–Trinajstić information content (AvgIpc) is 3.33. The summed E-state index contributed by atoms with van der Waals surface area (Å²) in [6.45, 7) is 3.84. The molecule has 1 N–H and O–H groups in total. The van der Waals surface area contributed by atoms with Crippen molar-refractivity contribution in [2.45, 2.75) is 25.3 Å². The summed E-state index contributed by atoms with van der Waals surface area (Å²) in [4.78, 5) is 13.6. The Hall–Kier alpha value is -4.57. The standard InChI is InChI=1S/C34H30Cl2N4O4S/c1-23-20-26(24(2)40(23)32-15-9-13-30(35)33(32)36)21-37-38-34(41)29-12-7-8-14-31(29)39(22-25-10-5-4-6-11-25)45(42,43)28-18-16-27(44-3)17-19-28/h4-21H,22H2,1-3H3,(H,38,41)/b37-21-. The van der Waals surface area contributed by atoms with Crippen LogP contribution in [0.4, 0.5) is 5.69 Å². The third-order valence-electron chi connectivity index (χ3n) is 7.25. The van der Waals surface area contributed by atoms with Crippen LogP contribution in [0, 0.1) is 13.8 Å². The van der Waals surface area contributed by atoms with Crippen molar-refractivity contribution in [1.82, 2.24) is 9.99 Å². The fourth-order valence-electron chi connectivity index (χ4n) is 4.98. The quantitative estimate of drug-likeness (QED) is 0.124. The fraction of sp³-hybridized carbons (Fsp3) is 0.118. The monoisotopic (exact) mass is 660 g/mol. The number of sulfonamides is 1. The Morgan fingerprint density at radius 2 is 1.62 bits per heavy atom. The minimum Gasteiger partial charge on any atom is -0.497 e. The molecule has 0 spiro atoms. The highest BCUT2D eigenvalue weighted by Crippen LogP contribution is 2.32. The van der Waals surface area contributed by atoms with Gasteiger partial charge in [0.05, 0.1) is 51.7 Å². The van der Waals surface area contributed by atoms with Gasteiger partial charge in [-0.2, -0.15) is 5.10 Å². The topological polar surface area (TPSA) is 93.0 Å². The largest absolute Gasteiger partial charge is 0.497 e. The minimum absolute atomic E-state index is 0.000806. The summed E-state index contributed by atoms with van der Waals surface area (Å²) in [6, 6.07) is 29.2. The second-order valence-electron chi connectivity index (χ2n) is 10.1. The van der Waals surface area contributed by atoms with E-state index >= 15 is 0 Å². The van der Waals surface area contributed by atoms with Gasteiger partial charge in [-0.3, -0.25) is 9.10 Å². The van der Waals surface area contributed by atoms with Crippen LogP contribution in [-0.2, 0) is 16.6 Å². The van der Waals surface area contributed by atoms with E-state index in [2.05, 4.69) is 10.5 Å². The van der Waals surface area contributed by atoms with E-state index in [0.717, 1.165) is 28.2 Å². The van der Waals surface area contributed by atoms with Gasteiger partial charge < -0.3 is 9.30 Å². The average molecular weight is 662 g/mol. The number of hydrogen-bond donors (Lipinski definition) is 1. The first-order valence-electron chi connectivity index (χ1n) is 13.9. The number of aromatic nitrogens is 1. The van der Waals surface area contributed by atoms with E-state index in [-0.39, 0.29) is 22.7 Å². The zero-order valence-corrected chi connectivity index (χ0v) is 27.1. The molecule has 4 aromatic carbocycles. The lowest BCUT2D eigenvalue weighted by atomic mass is 10.1. The third-order valence-corrected chi connectivity index (χ3v) is 9.83. The van der Waals surface area contributed by atoms with Crippen molar-refractivity contribution in [1.29, 1.82) is 0 Å². The number of hydrazone groups is 1. The van der Waals surface area contributed by atoms with Gasteiger partial charge in [-0.25, -0.2) is 13.8 Å². The van der Waals surface area contributed by atoms with Crippen LogP contribution in [0.1, 0.15) is 32.9 Å². The molecular formula is C34H30Cl2N4O4S. The van der Waals surface area contributed by atoms with Gasteiger partial charge in [0.2, 0.25) is 0 Å². The zero-order chi connectivity index (χ0) is 32.1. The number of ether oxygens (including phenoxy) is 1. The SMILES string of the molecule is COc1ccc(S(=O)(=O)N(Cc2ccccc2)c2ccccc2C(=O)N/N=C\c2cc(C)n(-c3cccc(Cl)c3Cl)c2C)cc1. The van der Waals surface area contributed by atoms with Crippen LogP contribution in [-0.4, -0.2) is 32.2 Å². The van der Waals surface area contributed by atoms with E-state index < -0.39 is 15.9 Å². The van der Waals surface area contributed by atoms with E-state index in [1.165, 1.54) is 29.8 Å². The number of nitrogens with one attached hydrogen (secondary N) is 1. The van der Waals surface area contributed by atoms with Gasteiger partial charge in [0.1, 0.15) is 5.75 Å². The molecule has 0 saturated carbocycles. The van der Waals surface area contributed by atoms with Crippen molar-refractivity contribution >= 4 is 51.0 Å². The number of rotatable bonds is 10. The third kappa shape index (κ3) is 6.76. The van der Waals surface area contributed by atoms with Gasteiger partial charge in [-0.1, -0.05) is 71.7 Å². The summed E-state index contributed by atoms with van der Waals surface area (Å²) < 4.78 is 36.5. The normalized spacial score (nSPS) is 11.5. The molecule has 5 rings (SSSR count). The zero-order valence-electron chi connectivity index (χ0n) is 24.7. The molecule has 0 atom stereocenters. The second kappa shape index (κ2) is 13.6. The van der Waals surface area contributed by atoms with Gasteiger partial charge in [0.25, 0.3) is 15.9 Å². The van der Waals surface area contributed by atoms with Crippen molar-refractivity contribution in [3.8, 4) is 11.4 Å². The van der Waals surface area contributed by atoms with E-state index in [9.17, 15) is 13.2 Å². The molecule has 0 unspecified atom stereocenters. The molecule has 0 saturated heterocycles. The molecular weight excluding hydrogens is 631 g/mol. The second-order valence-corrected chi connectivity index (χ2v) is 12.8. The molecule has 1 aromatic heterocycles. The molecule has 45 heavy (non-hydrogen) atoms. The number of methoxy groups -OCH3 is 1. The highest BCUT2D eigenvalue weighted by atomic mass is 35.5. The molecule has 0 aliphatic rings. The minimum atomic E-state index is -4.10. The number of para-hydroxylation sites is 1. The Kier molecular flexibility index (Phi) is 9.63. The first-order valence-corrected chi connectivity index (χ1v) is 16.1. The number of carbonyl (C=O) groups excluding carboxylic acids is 1. The summed E-state index contributed by atoms with van der Waals surface area (Å²) in [6.07, 6.45) is 1.54. The molecule has 0 aliphatic carbocycles. The van der Waals surface area contributed by atoms with Gasteiger partial charge in [-0.15, -0.1) is 0 Å². The van der Waals surface area contributed by atoms with Crippen LogP contribution in [0.3, 0.4) is 0 Å². The molecule has 11 heteroatoms. The van der Waals surface area contributed by atoms with Crippen LogP contribution in [0.15, 0.2) is 113 Å². The maximum Gasteiger partial charge on any atom is 0.273 e. The van der Waals surface area contributed by atoms with Gasteiger partial charge in [0.15, 0.2) is 0 Å². The lowest BCUT2D eigenvalue weighted by Crippen LogP contribution is -2.33. The Balaban J connectivity index is 1.46. The summed E-state index contributed by atoms with van der Waals surface area (Å²) in [5, 5.41) is 5.08. The van der Waals surface area contributed by atoms with E-state index in [4.69, 9.17) is 27.9 Å². The summed E-state index contributed by atoms with van der Waals surface area (Å²) in [5.74, 6) is -0.0471. The fourth-order valence-corrected chi connectivity index (χ4v) is 6.83. The molecule has 0 aliphatic heterocycles. The number of anilines is 1. The number of nitrogens with zero attached hydrogens (tertiary/aromatic N) is 3. The lowest BCUT2D eigenvalue weighted by Gasteiger charge is -2.26. The smallest absolute Gasteiger partial charge is 0.273 e.